The highest BCUT2D eigenvalue weighted by molar-refractivity contribution is 7.71. The highest BCUT2D eigenvalue weighted by atomic mass is 32.1. The number of nitrogens with one attached hydrogen (secondary N) is 1. The maximum Gasteiger partial charge on any atom is 0.184 e. The highest BCUT2D eigenvalue weighted by Gasteiger charge is 2.16. The van der Waals surface area contributed by atoms with E-state index in [0.29, 0.717) is 0 Å². The molecule has 0 aliphatic heterocycles. The lowest BCUT2D eigenvalue weighted by Crippen LogP contribution is -2.03. The molecule has 0 aliphatic rings. The van der Waals surface area contributed by atoms with Crippen molar-refractivity contribution in [2.24, 2.45) is 7.05 Å². The topological polar surface area (TPSA) is 38.5 Å². The molecule has 1 aromatic carbocycles. The Morgan fingerprint density at radius 1 is 1.29 bits per heavy atom. The number of aromatic amines is 1. The van der Waals surface area contributed by atoms with E-state index in [1.807, 2.05) is 11.7 Å². The first kappa shape index (κ1) is 14.1. The van der Waals surface area contributed by atoms with E-state index in [0.717, 1.165) is 40.2 Å². The van der Waals surface area contributed by atoms with Crippen LogP contribution in [0.1, 0.15) is 30.2 Å². The summed E-state index contributed by atoms with van der Waals surface area (Å²) >= 11 is 5.56. The van der Waals surface area contributed by atoms with Gasteiger partial charge in [-0.3, -0.25) is 4.57 Å². The van der Waals surface area contributed by atoms with Crippen LogP contribution in [0.5, 0.6) is 0 Å². The lowest BCUT2D eigenvalue weighted by Gasteiger charge is -2.09. The van der Waals surface area contributed by atoms with E-state index in [1.165, 1.54) is 11.1 Å². The van der Waals surface area contributed by atoms with Gasteiger partial charge in [-0.05, 0) is 49.7 Å². The molecule has 0 atom stereocenters. The minimum absolute atomic E-state index is 0.726. The fraction of sp³-hybridized carbons (Fsp3) is 0.375. The van der Waals surface area contributed by atoms with Crippen LogP contribution in [0.4, 0.5) is 0 Å². The number of benzene rings is 1. The smallest absolute Gasteiger partial charge is 0.184 e. The molecule has 3 rings (SSSR count). The molecule has 4 nitrogen and oxygen atoms in total. The van der Waals surface area contributed by atoms with E-state index in [9.17, 15) is 0 Å². The molecule has 1 N–H and O–H groups in total. The van der Waals surface area contributed by atoms with Crippen molar-refractivity contribution in [3.63, 3.8) is 0 Å². The predicted molar refractivity (Wildman–Crippen MR) is 88.7 cm³/mol. The number of aryl methyl sites for hydroxylation is 4. The summed E-state index contributed by atoms with van der Waals surface area (Å²) in [6, 6.07) is 6.43. The van der Waals surface area contributed by atoms with Gasteiger partial charge in [0.05, 0.1) is 11.4 Å². The zero-order valence-electron chi connectivity index (χ0n) is 12.9. The minimum atomic E-state index is 0.726. The van der Waals surface area contributed by atoms with Gasteiger partial charge in [0.25, 0.3) is 0 Å². The van der Waals surface area contributed by atoms with Gasteiger partial charge < -0.3 is 4.98 Å². The Bertz CT molecular complexity index is 866. The second-order valence-electron chi connectivity index (χ2n) is 5.57. The van der Waals surface area contributed by atoms with Crippen LogP contribution in [-0.2, 0) is 13.5 Å². The number of hydrogen-bond donors (Lipinski definition) is 1. The third kappa shape index (κ3) is 2.21. The molecular formula is C16H20N4S. The van der Waals surface area contributed by atoms with Gasteiger partial charge in [0.1, 0.15) is 5.52 Å². The van der Waals surface area contributed by atoms with Crippen molar-refractivity contribution >= 4 is 23.4 Å². The number of rotatable bonds is 3. The summed E-state index contributed by atoms with van der Waals surface area (Å²) in [4.78, 5) is 3.34. The van der Waals surface area contributed by atoms with Crippen molar-refractivity contribution in [1.82, 2.24) is 19.3 Å². The fourth-order valence-electron chi connectivity index (χ4n) is 2.81. The molecule has 0 radical (unpaired) electrons. The molecule has 0 spiro atoms. The first-order chi connectivity index (χ1) is 10.0. The van der Waals surface area contributed by atoms with Gasteiger partial charge in [-0.1, -0.05) is 25.5 Å². The molecule has 0 aliphatic carbocycles. The number of imidazole rings is 1. The van der Waals surface area contributed by atoms with Crippen molar-refractivity contribution in [2.45, 2.75) is 33.6 Å². The van der Waals surface area contributed by atoms with E-state index in [-0.39, 0.29) is 0 Å². The van der Waals surface area contributed by atoms with Gasteiger partial charge in [-0.2, -0.15) is 5.10 Å². The van der Waals surface area contributed by atoms with Crippen LogP contribution in [0.25, 0.3) is 16.9 Å². The Morgan fingerprint density at radius 2 is 2.05 bits per heavy atom. The van der Waals surface area contributed by atoms with Gasteiger partial charge in [0.2, 0.25) is 0 Å². The van der Waals surface area contributed by atoms with E-state index < -0.39 is 0 Å². The quantitative estimate of drug-likeness (QED) is 0.743. The standard InChI is InChI=1S/C16H20N4S/c1-5-6-12-14-15(19(4)18-12)20(16(21)17-14)13-9-10(2)7-8-11(13)3/h7-9H,5-6H2,1-4H3,(H,17,21). The monoisotopic (exact) mass is 300 g/mol. The van der Waals surface area contributed by atoms with Crippen LogP contribution >= 0.6 is 12.2 Å². The molecule has 110 valence electrons. The van der Waals surface area contributed by atoms with E-state index in [4.69, 9.17) is 12.2 Å². The third-order valence-electron chi connectivity index (χ3n) is 3.83. The van der Waals surface area contributed by atoms with Crippen molar-refractivity contribution in [3.05, 3.63) is 39.8 Å². The molecular weight excluding hydrogens is 280 g/mol. The maximum atomic E-state index is 5.56. The summed E-state index contributed by atoms with van der Waals surface area (Å²) in [7, 11) is 1.98. The molecule has 0 saturated carbocycles. The summed E-state index contributed by atoms with van der Waals surface area (Å²) < 4.78 is 4.75. The second-order valence-corrected chi connectivity index (χ2v) is 5.96. The molecule has 0 saturated heterocycles. The number of H-pyrrole nitrogens is 1. The Kier molecular flexibility index (Phi) is 3.45. The van der Waals surface area contributed by atoms with Crippen LogP contribution in [0.15, 0.2) is 18.2 Å². The first-order valence-electron chi connectivity index (χ1n) is 7.27. The van der Waals surface area contributed by atoms with Crippen LogP contribution in [-0.4, -0.2) is 19.3 Å². The molecule has 0 bridgehead atoms. The molecule has 0 fully saturated rings. The molecule has 5 heteroatoms. The third-order valence-corrected chi connectivity index (χ3v) is 4.11. The highest BCUT2D eigenvalue weighted by Crippen LogP contribution is 2.25. The van der Waals surface area contributed by atoms with Crippen molar-refractivity contribution in [3.8, 4) is 5.69 Å². The van der Waals surface area contributed by atoms with Crippen LogP contribution in [0.2, 0.25) is 0 Å². The first-order valence-corrected chi connectivity index (χ1v) is 7.68. The lowest BCUT2D eigenvalue weighted by atomic mass is 10.1. The summed E-state index contributed by atoms with van der Waals surface area (Å²) in [6.07, 6.45) is 2.03. The van der Waals surface area contributed by atoms with Crippen molar-refractivity contribution in [2.75, 3.05) is 0 Å². The van der Waals surface area contributed by atoms with Gasteiger partial charge in [0.15, 0.2) is 10.4 Å². The number of hydrogen-bond acceptors (Lipinski definition) is 2. The van der Waals surface area contributed by atoms with Crippen LogP contribution in [0, 0.1) is 18.6 Å². The summed E-state index contributed by atoms with van der Waals surface area (Å²) in [5, 5.41) is 4.64. The van der Waals surface area contributed by atoms with Crippen molar-refractivity contribution < 1.29 is 0 Å². The second kappa shape index (κ2) is 5.15. The average Bonchev–Trinajstić information content (AvgIpc) is 2.91. The van der Waals surface area contributed by atoms with Crippen molar-refractivity contribution in [1.29, 1.82) is 0 Å². The summed E-state index contributed by atoms with van der Waals surface area (Å²) in [6.45, 7) is 6.37. The SMILES string of the molecule is CCCc1nn(C)c2c1[nH]c(=S)n2-c1cc(C)ccc1C. The fourth-order valence-corrected chi connectivity index (χ4v) is 3.10. The van der Waals surface area contributed by atoms with Crippen LogP contribution < -0.4 is 0 Å². The van der Waals surface area contributed by atoms with Crippen LogP contribution in [0.3, 0.4) is 0 Å². The summed E-state index contributed by atoms with van der Waals surface area (Å²) in [5.41, 5.74) is 6.74. The molecule has 0 unspecified atom stereocenters. The molecule has 2 heterocycles. The Morgan fingerprint density at radius 3 is 2.76 bits per heavy atom. The Balaban J connectivity index is 2.35. The number of fused-ring (bicyclic) bond motifs is 1. The predicted octanol–water partition coefficient (Wildman–Crippen LogP) is 3.99. The van der Waals surface area contributed by atoms with Gasteiger partial charge in [-0.15, -0.1) is 0 Å². The van der Waals surface area contributed by atoms with E-state index in [1.54, 1.807) is 0 Å². The average molecular weight is 300 g/mol. The molecule has 0 amide bonds. The number of nitrogens with zero attached hydrogens (tertiary/aromatic N) is 3. The summed E-state index contributed by atoms with van der Waals surface area (Å²) in [5.74, 6) is 0. The lowest BCUT2D eigenvalue weighted by molar-refractivity contribution is 0.735. The largest absolute Gasteiger partial charge is 0.327 e. The Hall–Kier alpha value is -1.88. The van der Waals surface area contributed by atoms with Gasteiger partial charge in [0, 0.05) is 7.05 Å². The zero-order chi connectivity index (χ0) is 15.1. The molecule has 3 aromatic rings. The van der Waals surface area contributed by atoms with Gasteiger partial charge >= 0.3 is 0 Å². The maximum absolute atomic E-state index is 5.56. The molecule has 2 aromatic heterocycles. The Labute approximate surface area is 129 Å². The normalized spacial score (nSPS) is 11.4. The van der Waals surface area contributed by atoms with E-state index in [2.05, 4.69) is 53.6 Å². The zero-order valence-corrected chi connectivity index (χ0v) is 13.7. The van der Waals surface area contributed by atoms with Gasteiger partial charge in [-0.25, -0.2) is 4.68 Å². The number of aromatic nitrogens is 4. The van der Waals surface area contributed by atoms with E-state index >= 15 is 0 Å². The minimum Gasteiger partial charge on any atom is -0.327 e. The molecule has 21 heavy (non-hydrogen) atoms.